The van der Waals surface area contributed by atoms with E-state index in [2.05, 4.69) is 20.8 Å². The van der Waals surface area contributed by atoms with E-state index in [1.807, 2.05) is 0 Å². The van der Waals surface area contributed by atoms with E-state index >= 15 is 0 Å². The Labute approximate surface area is 228 Å². The predicted octanol–water partition coefficient (Wildman–Crippen LogP) is 2.90. The summed E-state index contributed by atoms with van der Waals surface area (Å²) in [6, 6.07) is 0. The number of carbonyl (C=O) groups is 1. The van der Waals surface area contributed by atoms with Crippen molar-refractivity contribution < 1.29 is 33.1 Å². The van der Waals surface area contributed by atoms with Crippen molar-refractivity contribution in [3.63, 3.8) is 0 Å². The fraction of sp³-hybridized carbons (Fsp3) is 0.966. The van der Waals surface area contributed by atoms with Gasteiger partial charge in [-0.3, -0.25) is 4.79 Å². The number of hydrogen-bond acceptors (Lipinski definition) is 7. The largest absolute Gasteiger partial charge is 0.748 e. The molecule has 1 saturated heterocycles. The van der Waals surface area contributed by atoms with Gasteiger partial charge >= 0.3 is 0 Å². The van der Waals surface area contributed by atoms with Gasteiger partial charge in [0.25, 0.3) is 0 Å². The summed E-state index contributed by atoms with van der Waals surface area (Å²) in [4.78, 5) is 14.6. The Morgan fingerprint density at radius 1 is 1.00 bits per heavy atom. The summed E-state index contributed by atoms with van der Waals surface area (Å²) in [5, 5.41) is 32.6. The van der Waals surface area contributed by atoms with Crippen molar-refractivity contribution in [2.75, 3.05) is 13.1 Å². The quantitative estimate of drug-likeness (QED) is 0.444. The van der Waals surface area contributed by atoms with Gasteiger partial charge in [-0.25, -0.2) is 8.42 Å². The minimum atomic E-state index is -4.30. The number of piperidine rings is 1. The van der Waals surface area contributed by atoms with Crippen LogP contribution in [-0.2, 0) is 14.9 Å². The maximum Gasteiger partial charge on any atom is 0.222 e. The van der Waals surface area contributed by atoms with Crippen LogP contribution in [0.4, 0.5) is 0 Å². The van der Waals surface area contributed by atoms with Crippen molar-refractivity contribution in [1.82, 2.24) is 4.90 Å². The first kappa shape index (κ1) is 28.8. The molecule has 8 nitrogen and oxygen atoms in total. The van der Waals surface area contributed by atoms with E-state index in [-0.39, 0.29) is 65.3 Å². The molecule has 5 aliphatic rings. The average Bonchev–Trinajstić information content (AvgIpc) is 3.22. The molecule has 0 aromatic carbocycles. The van der Waals surface area contributed by atoms with E-state index in [0.717, 1.165) is 38.5 Å². The third-order valence-electron chi connectivity index (χ3n) is 12.5. The fourth-order valence-corrected chi connectivity index (χ4v) is 11.0. The molecule has 0 aromatic heterocycles. The SMILES string of the molecule is C[C@H](CCC(=O)N1CCC(S(=O)(=O)[O-])CC1)[C@H]1CC[C@H]2[C@@H]3[C@H](O)C[C@@H]4C[C@H](O)CC[C@]4(C)[C@H]3C[C@H](O)[C@]12C. The first-order valence-corrected chi connectivity index (χ1v) is 16.5. The van der Waals surface area contributed by atoms with Gasteiger partial charge in [-0.15, -0.1) is 0 Å². The van der Waals surface area contributed by atoms with Gasteiger partial charge in [0.05, 0.1) is 33.7 Å². The van der Waals surface area contributed by atoms with Crippen molar-refractivity contribution in [1.29, 1.82) is 0 Å². The molecule has 1 aliphatic heterocycles. The molecular weight excluding hydrogens is 506 g/mol. The highest BCUT2D eigenvalue weighted by Crippen LogP contribution is 2.68. The van der Waals surface area contributed by atoms with E-state index in [9.17, 15) is 33.1 Å². The molecule has 4 aliphatic carbocycles. The van der Waals surface area contributed by atoms with Gasteiger partial charge in [0.2, 0.25) is 5.91 Å². The molecule has 0 radical (unpaired) electrons. The van der Waals surface area contributed by atoms with Gasteiger partial charge < -0.3 is 24.8 Å². The molecule has 5 fully saturated rings. The van der Waals surface area contributed by atoms with Gasteiger partial charge in [0.15, 0.2) is 0 Å². The summed E-state index contributed by atoms with van der Waals surface area (Å²) in [6.45, 7) is 7.41. The van der Waals surface area contributed by atoms with Crippen LogP contribution in [0.3, 0.4) is 0 Å². The number of fused-ring (bicyclic) bond motifs is 5. The number of amides is 1. The Balaban J connectivity index is 1.24. The Morgan fingerprint density at radius 2 is 1.68 bits per heavy atom. The number of carbonyl (C=O) groups excluding carboxylic acids is 1. The normalized spacial score (nSPS) is 46.7. The highest BCUT2D eigenvalue weighted by molar-refractivity contribution is 7.86. The first-order valence-electron chi connectivity index (χ1n) is 15.0. The van der Waals surface area contributed by atoms with Crippen LogP contribution in [-0.4, -0.2) is 75.7 Å². The Bertz CT molecular complexity index is 997. The van der Waals surface area contributed by atoms with Crippen LogP contribution in [0.1, 0.15) is 91.4 Å². The molecule has 3 N–H and O–H groups in total. The molecule has 0 bridgehead atoms. The van der Waals surface area contributed by atoms with Crippen LogP contribution in [0.5, 0.6) is 0 Å². The molecule has 9 heteroatoms. The van der Waals surface area contributed by atoms with Crippen LogP contribution < -0.4 is 0 Å². The zero-order chi connectivity index (χ0) is 27.6. The molecular formula is C29H48NO7S-. The smallest absolute Gasteiger partial charge is 0.222 e. The molecule has 11 atom stereocenters. The Kier molecular flexibility index (Phi) is 7.78. The maximum atomic E-state index is 12.9. The molecule has 1 heterocycles. The van der Waals surface area contributed by atoms with Crippen molar-refractivity contribution in [3.05, 3.63) is 0 Å². The van der Waals surface area contributed by atoms with Gasteiger partial charge in [0.1, 0.15) is 0 Å². The van der Waals surface area contributed by atoms with Crippen LogP contribution in [0.25, 0.3) is 0 Å². The lowest BCUT2D eigenvalue weighted by Crippen LogP contribution is -2.62. The predicted molar refractivity (Wildman–Crippen MR) is 142 cm³/mol. The number of aliphatic hydroxyl groups is 3. The molecule has 0 aromatic rings. The number of hydrogen-bond donors (Lipinski definition) is 3. The molecule has 218 valence electrons. The lowest BCUT2D eigenvalue weighted by atomic mass is 9.43. The highest BCUT2D eigenvalue weighted by atomic mass is 32.2. The zero-order valence-electron chi connectivity index (χ0n) is 23.3. The summed E-state index contributed by atoms with van der Waals surface area (Å²) >= 11 is 0. The average molecular weight is 555 g/mol. The highest BCUT2D eigenvalue weighted by Gasteiger charge is 2.65. The van der Waals surface area contributed by atoms with Gasteiger partial charge in [-0.05, 0) is 111 Å². The van der Waals surface area contributed by atoms with Crippen LogP contribution in [0, 0.1) is 46.3 Å². The summed E-state index contributed by atoms with van der Waals surface area (Å²) < 4.78 is 33.9. The molecule has 38 heavy (non-hydrogen) atoms. The Hall–Kier alpha value is -0.740. The molecule has 1 amide bonds. The van der Waals surface area contributed by atoms with Crippen molar-refractivity contribution in [2.24, 2.45) is 46.3 Å². The van der Waals surface area contributed by atoms with Crippen molar-refractivity contribution >= 4 is 16.0 Å². The zero-order valence-corrected chi connectivity index (χ0v) is 24.1. The van der Waals surface area contributed by atoms with Gasteiger partial charge in [0, 0.05) is 19.5 Å². The third kappa shape index (κ3) is 4.76. The summed E-state index contributed by atoms with van der Waals surface area (Å²) in [7, 11) is -4.30. The number of nitrogens with zero attached hydrogens (tertiary/aromatic N) is 1. The second kappa shape index (κ2) is 10.3. The summed E-state index contributed by atoms with van der Waals surface area (Å²) in [5.74, 6) is 1.55. The third-order valence-corrected chi connectivity index (χ3v) is 13.8. The van der Waals surface area contributed by atoms with Crippen molar-refractivity contribution in [2.45, 2.75) is 115 Å². The van der Waals surface area contributed by atoms with E-state index in [1.54, 1.807) is 4.90 Å². The van der Waals surface area contributed by atoms with Crippen LogP contribution in [0.2, 0.25) is 0 Å². The minimum absolute atomic E-state index is 0.0173. The maximum absolute atomic E-state index is 12.9. The van der Waals surface area contributed by atoms with Crippen LogP contribution in [0.15, 0.2) is 0 Å². The minimum Gasteiger partial charge on any atom is -0.748 e. The lowest BCUT2D eigenvalue weighted by molar-refractivity contribution is -0.207. The number of rotatable bonds is 5. The standard InChI is InChI=1S/C29H49NO7S/c1-17(4-7-26(34)30-12-9-20(10-13-30)38(35,36)37)21-5-6-22-27-23(16-25(33)29(21,22)3)28(2)11-8-19(31)14-18(28)15-24(27)32/h17-25,27,31-33H,4-16H2,1-3H3,(H,35,36,37)/p-1/t17-,18+,19-,21-,22+,23+,24-,25+,27+,28+,29-/m1/s1. The monoisotopic (exact) mass is 554 g/mol. The summed E-state index contributed by atoms with van der Waals surface area (Å²) in [5.41, 5.74) is -0.233. The summed E-state index contributed by atoms with van der Waals surface area (Å²) in [6.07, 6.45) is 6.39. The lowest BCUT2D eigenvalue weighted by Gasteiger charge is -2.63. The number of likely N-dealkylation sites (tertiary alicyclic amines) is 1. The molecule has 0 spiro atoms. The topological polar surface area (TPSA) is 138 Å². The van der Waals surface area contributed by atoms with Crippen LogP contribution >= 0.6 is 0 Å². The van der Waals surface area contributed by atoms with Gasteiger partial charge in [-0.2, -0.15) is 0 Å². The number of aliphatic hydroxyl groups excluding tert-OH is 3. The van der Waals surface area contributed by atoms with Crippen molar-refractivity contribution in [3.8, 4) is 0 Å². The second-order valence-corrected chi connectivity index (χ2v) is 15.8. The van der Waals surface area contributed by atoms with Gasteiger partial charge in [-0.1, -0.05) is 20.8 Å². The van der Waals surface area contributed by atoms with E-state index < -0.39 is 27.6 Å². The second-order valence-electron chi connectivity index (χ2n) is 14.1. The first-order chi connectivity index (χ1) is 17.8. The van der Waals surface area contributed by atoms with E-state index in [4.69, 9.17) is 0 Å². The molecule has 0 unspecified atom stereocenters. The van der Waals surface area contributed by atoms with E-state index in [1.165, 1.54) is 0 Å². The van der Waals surface area contributed by atoms with E-state index in [0.29, 0.717) is 38.3 Å². The molecule has 4 saturated carbocycles. The fourth-order valence-electron chi connectivity index (χ4n) is 10.2. The Morgan fingerprint density at radius 3 is 2.34 bits per heavy atom. The molecule has 5 rings (SSSR count).